The van der Waals surface area contributed by atoms with Crippen LogP contribution in [-0.2, 0) is 11.3 Å². The van der Waals surface area contributed by atoms with Crippen molar-refractivity contribution in [1.29, 1.82) is 0 Å². The maximum atomic E-state index is 5.69. The Morgan fingerprint density at radius 3 is 3.11 bits per heavy atom. The molecule has 2 heterocycles. The average molecular weight is 263 g/mol. The summed E-state index contributed by atoms with van der Waals surface area (Å²) in [6.07, 6.45) is 3.34. The summed E-state index contributed by atoms with van der Waals surface area (Å²) >= 11 is 0. The second-order valence-electron chi connectivity index (χ2n) is 5.25. The Morgan fingerprint density at radius 2 is 2.37 bits per heavy atom. The highest BCUT2D eigenvalue weighted by atomic mass is 16.5. The molecule has 2 rings (SSSR count). The third kappa shape index (κ3) is 3.91. The molecule has 106 valence electrons. The fraction of sp³-hybridized carbons (Fsp3) is 0.667. The zero-order valence-electron chi connectivity index (χ0n) is 12.3. The molecule has 4 heteroatoms. The number of ether oxygens (including phenoxy) is 1. The lowest BCUT2D eigenvalue weighted by Gasteiger charge is -2.25. The van der Waals surface area contributed by atoms with Gasteiger partial charge in [0.15, 0.2) is 0 Å². The Balaban J connectivity index is 2.10. The first kappa shape index (κ1) is 14.3. The van der Waals surface area contributed by atoms with Gasteiger partial charge in [-0.15, -0.1) is 0 Å². The molecular weight excluding hydrogens is 238 g/mol. The van der Waals surface area contributed by atoms with Crippen molar-refractivity contribution in [1.82, 2.24) is 10.3 Å². The minimum atomic E-state index is 0.283. The summed E-state index contributed by atoms with van der Waals surface area (Å²) in [5.74, 6) is 1.11. The second-order valence-corrected chi connectivity index (χ2v) is 5.25. The van der Waals surface area contributed by atoms with Crippen LogP contribution in [0.3, 0.4) is 0 Å². The van der Waals surface area contributed by atoms with E-state index < -0.39 is 0 Å². The zero-order chi connectivity index (χ0) is 13.7. The molecule has 1 aromatic heterocycles. The van der Waals surface area contributed by atoms with Crippen molar-refractivity contribution in [2.24, 2.45) is 0 Å². The normalized spacial score (nSPS) is 20.4. The second kappa shape index (κ2) is 6.87. The Kier molecular flexibility index (Phi) is 5.16. The summed E-state index contributed by atoms with van der Waals surface area (Å²) in [6, 6.07) is 2.24. The summed E-state index contributed by atoms with van der Waals surface area (Å²) in [5.41, 5.74) is 2.51. The highest BCUT2D eigenvalue weighted by molar-refractivity contribution is 5.47. The van der Waals surface area contributed by atoms with Gasteiger partial charge in [0, 0.05) is 32.4 Å². The smallest absolute Gasteiger partial charge is 0.131 e. The van der Waals surface area contributed by atoms with Crippen LogP contribution in [0.1, 0.15) is 31.4 Å². The van der Waals surface area contributed by atoms with Gasteiger partial charge in [-0.25, -0.2) is 4.98 Å². The fourth-order valence-electron chi connectivity index (χ4n) is 2.51. The van der Waals surface area contributed by atoms with Crippen molar-refractivity contribution in [3.63, 3.8) is 0 Å². The molecule has 0 bridgehead atoms. The number of aryl methyl sites for hydroxylation is 1. The summed E-state index contributed by atoms with van der Waals surface area (Å²) in [6.45, 7) is 11.1. The molecule has 1 atom stereocenters. The number of nitrogens with zero attached hydrogens (tertiary/aromatic N) is 2. The standard InChI is InChI=1S/C15H25N3O/c1-4-16-9-14-8-12(2)15(17-10-14)18-6-5-7-19-13(3)11-18/h8,10,13,16H,4-7,9,11H2,1-3H3. The van der Waals surface area contributed by atoms with Crippen molar-refractivity contribution in [2.45, 2.75) is 39.8 Å². The topological polar surface area (TPSA) is 37.4 Å². The van der Waals surface area contributed by atoms with Crippen LogP contribution in [0.2, 0.25) is 0 Å². The van der Waals surface area contributed by atoms with Crippen LogP contribution in [-0.4, -0.2) is 37.3 Å². The molecule has 1 aromatic rings. The molecule has 1 fully saturated rings. The van der Waals surface area contributed by atoms with Gasteiger partial charge in [-0.1, -0.05) is 6.92 Å². The van der Waals surface area contributed by atoms with E-state index in [1.807, 2.05) is 6.20 Å². The van der Waals surface area contributed by atoms with Crippen LogP contribution in [0, 0.1) is 6.92 Å². The molecule has 1 aliphatic heterocycles. The van der Waals surface area contributed by atoms with E-state index in [-0.39, 0.29) is 6.10 Å². The summed E-state index contributed by atoms with van der Waals surface area (Å²) < 4.78 is 5.69. The van der Waals surface area contributed by atoms with Crippen LogP contribution in [0.5, 0.6) is 0 Å². The highest BCUT2D eigenvalue weighted by Gasteiger charge is 2.17. The number of rotatable bonds is 4. The quantitative estimate of drug-likeness (QED) is 0.903. The summed E-state index contributed by atoms with van der Waals surface area (Å²) in [5, 5.41) is 3.33. The molecule has 1 aliphatic rings. The first-order valence-corrected chi connectivity index (χ1v) is 7.23. The van der Waals surface area contributed by atoms with E-state index in [0.717, 1.165) is 45.0 Å². The molecule has 1 unspecified atom stereocenters. The molecule has 0 radical (unpaired) electrons. The van der Waals surface area contributed by atoms with Gasteiger partial charge in [0.05, 0.1) is 6.10 Å². The number of anilines is 1. The van der Waals surface area contributed by atoms with Gasteiger partial charge in [-0.2, -0.15) is 0 Å². The van der Waals surface area contributed by atoms with E-state index in [2.05, 4.69) is 42.0 Å². The van der Waals surface area contributed by atoms with Crippen molar-refractivity contribution in [3.05, 3.63) is 23.4 Å². The van der Waals surface area contributed by atoms with E-state index >= 15 is 0 Å². The van der Waals surface area contributed by atoms with Crippen molar-refractivity contribution in [3.8, 4) is 0 Å². The Bertz CT molecular complexity index is 408. The molecule has 0 amide bonds. The van der Waals surface area contributed by atoms with Gasteiger partial charge in [-0.05, 0) is 44.0 Å². The number of nitrogens with one attached hydrogen (secondary N) is 1. The van der Waals surface area contributed by atoms with Gasteiger partial charge in [0.2, 0.25) is 0 Å². The van der Waals surface area contributed by atoms with Crippen LogP contribution in [0.4, 0.5) is 5.82 Å². The lowest BCUT2D eigenvalue weighted by atomic mass is 10.2. The maximum absolute atomic E-state index is 5.69. The van der Waals surface area contributed by atoms with E-state index in [1.54, 1.807) is 0 Å². The van der Waals surface area contributed by atoms with E-state index in [0.29, 0.717) is 0 Å². The summed E-state index contributed by atoms with van der Waals surface area (Å²) in [7, 11) is 0. The fourth-order valence-corrected chi connectivity index (χ4v) is 2.51. The lowest BCUT2D eigenvalue weighted by Crippen LogP contribution is -2.31. The summed E-state index contributed by atoms with van der Waals surface area (Å²) in [4.78, 5) is 7.01. The highest BCUT2D eigenvalue weighted by Crippen LogP contribution is 2.20. The number of pyridine rings is 1. The van der Waals surface area contributed by atoms with Gasteiger partial charge in [0.1, 0.15) is 5.82 Å². The third-order valence-electron chi connectivity index (χ3n) is 3.44. The molecular formula is C15H25N3O. The lowest BCUT2D eigenvalue weighted by molar-refractivity contribution is 0.0820. The van der Waals surface area contributed by atoms with E-state index in [4.69, 9.17) is 4.74 Å². The first-order chi connectivity index (χ1) is 9.20. The molecule has 0 aliphatic carbocycles. The van der Waals surface area contributed by atoms with Crippen LogP contribution < -0.4 is 10.2 Å². The van der Waals surface area contributed by atoms with Gasteiger partial charge in [0.25, 0.3) is 0 Å². The molecule has 1 N–H and O–H groups in total. The van der Waals surface area contributed by atoms with Crippen molar-refractivity contribution < 1.29 is 4.74 Å². The third-order valence-corrected chi connectivity index (χ3v) is 3.44. The molecule has 0 aromatic carbocycles. The molecule has 0 spiro atoms. The Labute approximate surface area is 116 Å². The minimum Gasteiger partial charge on any atom is -0.377 e. The predicted molar refractivity (Wildman–Crippen MR) is 78.6 cm³/mol. The molecule has 1 saturated heterocycles. The average Bonchev–Trinajstić information content (AvgIpc) is 2.61. The van der Waals surface area contributed by atoms with Crippen molar-refractivity contribution >= 4 is 5.82 Å². The Hall–Kier alpha value is -1.13. The van der Waals surface area contributed by atoms with E-state index in [9.17, 15) is 0 Å². The minimum absolute atomic E-state index is 0.283. The first-order valence-electron chi connectivity index (χ1n) is 7.23. The molecule has 0 saturated carbocycles. The number of hydrogen-bond donors (Lipinski definition) is 1. The van der Waals surface area contributed by atoms with Crippen LogP contribution in [0.25, 0.3) is 0 Å². The Morgan fingerprint density at radius 1 is 1.53 bits per heavy atom. The SMILES string of the molecule is CCNCc1cnc(N2CCCOC(C)C2)c(C)c1. The van der Waals surface area contributed by atoms with Crippen molar-refractivity contribution in [2.75, 3.05) is 31.1 Å². The number of aromatic nitrogens is 1. The van der Waals surface area contributed by atoms with Gasteiger partial charge in [-0.3, -0.25) is 0 Å². The monoisotopic (exact) mass is 263 g/mol. The number of hydrogen-bond acceptors (Lipinski definition) is 4. The predicted octanol–water partition coefficient (Wildman–Crippen LogP) is 2.11. The zero-order valence-corrected chi connectivity index (χ0v) is 12.3. The largest absolute Gasteiger partial charge is 0.377 e. The maximum Gasteiger partial charge on any atom is 0.131 e. The molecule has 19 heavy (non-hydrogen) atoms. The van der Waals surface area contributed by atoms with Gasteiger partial charge < -0.3 is 15.0 Å². The van der Waals surface area contributed by atoms with Gasteiger partial charge >= 0.3 is 0 Å². The van der Waals surface area contributed by atoms with Crippen LogP contribution in [0.15, 0.2) is 12.3 Å². The molecule has 4 nitrogen and oxygen atoms in total. The van der Waals surface area contributed by atoms with Crippen LogP contribution >= 0.6 is 0 Å². The van der Waals surface area contributed by atoms with E-state index in [1.165, 1.54) is 11.1 Å².